The summed E-state index contributed by atoms with van der Waals surface area (Å²) in [5, 5.41) is 3.53. The first kappa shape index (κ1) is 14.9. The van der Waals surface area contributed by atoms with Crippen LogP contribution in [-0.2, 0) is 6.42 Å². The molecule has 1 aliphatic carbocycles. The van der Waals surface area contributed by atoms with Crippen molar-refractivity contribution in [2.75, 3.05) is 20.2 Å². The number of methoxy groups -OCH3 is 1. The Hall–Kier alpha value is -1.02. The van der Waals surface area contributed by atoms with Crippen molar-refractivity contribution < 1.29 is 4.74 Å². The topological polar surface area (TPSA) is 21.3 Å². The van der Waals surface area contributed by atoms with Gasteiger partial charge in [-0.2, -0.15) is 0 Å². The van der Waals surface area contributed by atoms with Gasteiger partial charge in [-0.05, 0) is 74.2 Å². The first-order valence-corrected chi connectivity index (χ1v) is 8.74. The second-order valence-electron chi connectivity index (χ2n) is 6.82. The molecule has 0 radical (unpaired) electrons. The van der Waals surface area contributed by atoms with Crippen LogP contribution in [0.2, 0.25) is 0 Å². The third kappa shape index (κ3) is 3.79. The Balaban J connectivity index is 1.75. The Morgan fingerprint density at radius 3 is 2.67 bits per heavy atom. The molecular formula is C19H29NO. The van der Waals surface area contributed by atoms with Crippen LogP contribution in [0.15, 0.2) is 18.2 Å². The van der Waals surface area contributed by atoms with Crippen molar-refractivity contribution in [3.8, 4) is 5.75 Å². The maximum Gasteiger partial charge on any atom is 0.122 e. The fourth-order valence-corrected chi connectivity index (χ4v) is 4.06. The molecule has 21 heavy (non-hydrogen) atoms. The van der Waals surface area contributed by atoms with Crippen molar-refractivity contribution in [3.63, 3.8) is 0 Å². The van der Waals surface area contributed by atoms with E-state index in [2.05, 4.69) is 23.5 Å². The van der Waals surface area contributed by atoms with E-state index in [1.165, 1.54) is 57.1 Å². The predicted molar refractivity (Wildman–Crippen MR) is 88.1 cm³/mol. The van der Waals surface area contributed by atoms with Gasteiger partial charge >= 0.3 is 0 Å². The lowest BCUT2D eigenvalue weighted by atomic mass is 9.82. The van der Waals surface area contributed by atoms with E-state index in [9.17, 15) is 0 Å². The third-order valence-electron chi connectivity index (χ3n) is 5.29. The summed E-state index contributed by atoms with van der Waals surface area (Å²) in [6, 6.07) is 6.95. The van der Waals surface area contributed by atoms with Gasteiger partial charge in [0.2, 0.25) is 0 Å². The summed E-state index contributed by atoms with van der Waals surface area (Å²) in [6.07, 6.45) is 10.8. The van der Waals surface area contributed by atoms with Crippen LogP contribution in [0.4, 0.5) is 0 Å². The summed E-state index contributed by atoms with van der Waals surface area (Å²) in [5.41, 5.74) is 2.98. The van der Waals surface area contributed by atoms with E-state index < -0.39 is 0 Å². The lowest BCUT2D eigenvalue weighted by Crippen LogP contribution is -2.30. The molecule has 1 saturated heterocycles. The predicted octanol–water partition coefficient (Wildman–Crippen LogP) is 4.29. The van der Waals surface area contributed by atoms with Crippen molar-refractivity contribution >= 4 is 0 Å². The van der Waals surface area contributed by atoms with Crippen molar-refractivity contribution in [3.05, 3.63) is 29.3 Å². The van der Waals surface area contributed by atoms with E-state index in [0.717, 1.165) is 30.6 Å². The van der Waals surface area contributed by atoms with Crippen LogP contribution in [0, 0.1) is 5.92 Å². The van der Waals surface area contributed by atoms with Gasteiger partial charge in [-0.25, -0.2) is 0 Å². The first-order valence-electron chi connectivity index (χ1n) is 8.74. The molecule has 0 spiro atoms. The molecule has 0 bridgehead atoms. The molecule has 1 atom stereocenters. The summed E-state index contributed by atoms with van der Waals surface area (Å²) < 4.78 is 5.61. The highest BCUT2D eigenvalue weighted by molar-refractivity contribution is 5.39. The molecule has 1 saturated carbocycles. The van der Waals surface area contributed by atoms with E-state index in [1.54, 1.807) is 12.7 Å². The molecule has 2 aliphatic rings. The van der Waals surface area contributed by atoms with E-state index in [0.29, 0.717) is 0 Å². The van der Waals surface area contributed by atoms with E-state index >= 15 is 0 Å². The second kappa shape index (κ2) is 7.31. The monoisotopic (exact) mass is 287 g/mol. The standard InChI is InChI=1S/C19H29NO/c1-21-19-10-9-17(16-7-3-2-4-8-16)13-18(19)12-15-6-5-11-20-14-15/h9-10,13,15-16,20H,2-8,11-12,14H2,1H3. The maximum atomic E-state index is 5.61. The highest BCUT2D eigenvalue weighted by atomic mass is 16.5. The minimum absolute atomic E-state index is 0.772. The number of ether oxygens (including phenoxy) is 1. The molecule has 3 rings (SSSR count). The Morgan fingerprint density at radius 1 is 1.10 bits per heavy atom. The molecule has 1 aromatic carbocycles. The molecule has 1 aromatic rings. The average molecular weight is 287 g/mol. The van der Waals surface area contributed by atoms with Crippen LogP contribution < -0.4 is 10.1 Å². The summed E-state index contributed by atoms with van der Waals surface area (Å²) in [6.45, 7) is 2.35. The van der Waals surface area contributed by atoms with Gasteiger partial charge in [0.1, 0.15) is 5.75 Å². The molecule has 0 aromatic heterocycles. The summed E-state index contributed by atoms with van der Waals surface area (Å²) in [7, 11) is 1.80. The number of rotatable bonds is 4. The summed E-state index contributed by atoms with van der Waals surface area (Å²) in [5.74, 6) is 2.64. The SMILES string of the molecule is COc1ccc(C2CCCCC2)cc1CC1CCCNC1. The lowest BCUT2D eigenvalue weighted by molar-refractivity contribution is 0.363. The van der Waals surface area contributed by atoms with Gasteiger partial charge in [-0.3, -0.25) is 0 Å². The highest BCUT2D eigenvalue weighted by Crippen LogP contribution is 2.35. The fourth-order valence-electron chi connectivity index (χ4n) is 4.06. The van der Waals surface area contributed by atoms with Gasteiger partial charge in [0.25, 0.3) is 0 Å². The molecule has 116 valence electrons. The quantitative estimate of drug-likeness (QED) is 0.892. The van der Waals surface area contributed by atoms with Gasteiger partial charge in [-0.15, -0.1) is 0 Å². The molecule has 0 amide bonds. The maximum absolute atomic E-state index is 5.61. The van der Waals surface area contributed by atoms with Crippen LogP contribution in [0.5, 0.6) is 5.75 Å². The van der Waals surface area contributed by atoms with Crippen LogP contribution in [0.25, 0.3) is 0 Å². The highest BCUT2D eigenvalue weighted by Gasteiger charge is 2.19. The Bertz CT molecular complexity index is 445. The molecule has 1 unspecified atom stereocenters. The number of piperidine rings is 1. The molecule has 1 aliphatic heterocycles. The Labute approximate surface area is 129 Å². The zero-order valence-electron chi connectivity index (χ0n) is 13.4. The number of hydrogen-bond donors (Lipinski definition) is 1. The molecule has 1 N–H and O–H groups in total. The zero-order valence-corrected chi connectivity index (χ0v) is 13.4. The summed E-state index contributed by atoms with van der Waals surface area (Å²) in [4.78, 5) is 0. The first-order chi connectivity index (χ1) is 10.4. The largest absolute Gasteiger partial charge is 0.496 e. The second-order valence-corrected chi connectivity index (χ2v) is 6.82. The third-order valence-corrected chi connectivity index (χ3v) is 5.29. The Morgan fingerprint density at radius 2 is 1.95 bits per heavy atom. The summed E-state index contributed by atoms with van der Waals surface area (Å²) >= 11 is 0. The zero-order chi connectivity index (χ0) is 14.5. The van der Waals surface area contributed by atoms with Crippen LogP contribution >= 0.6 is 0 Å². The van der Waals surface area contributed by atoms with E-state index in [1.807, 2.05) is 0 Å². The van der Waals surface area contributed by atoms with Gasteiger partial charge in [-0.1, -0.05) is 31.4 Å². The van der Waals surface area contributed by atoms with Crippen LogP contribution in [0.1, 0.15) is 62.0 Å². The van der Waals surface area contributed by atoms with Gasteiger partial charge in [0.05, 0.1) is 7.11 Å². The fraction of sp³-hybridized carbons (Fsp3) is 0.684. The van der Waals surface area contributed by atoms with Crippen molar-refractivity contribution in [2.24, 2.45) is 5.92 Å². The number of nitrogens with one attached hydrogen (secondary N) is 1. The van der Waals surface area contributed by atoms with Gasteiger partial charge in [0.15, 0.2) is 0 Å². The molecule has 2 fully saturated rings. The number of hydrogen-bond acceptors (Lipinski definition) is 2. The molecular weight excluding hydrogens is 258 g/mol. The van der Waals surface area contributed by atoms with Crippen molar-refractivity contribution in [1.82, 2.24) is 5.32 Å². The van der Waals surface area contributed by atoms with Crippen LogP contribution in [0.3, 0.4) is 0 Å². The lowest BCUT2D eigenvalue weighted by Gasteiger charge is -2.26. The minimum Gasteiger partial charge on any atom is -0.496 e. The van der Waals surface area contributed by atoms with Gasteiger partial charge in [0, 0.05) is 0 Å². The van der Waals surface area contributed by atoms with Gasteiger partial charge < -0.3 is 10.1 Å². The normalized spacial score (nSPS) is 24.0. The van der Waals surface area contributed by atoms with Crippen molar-refractivity contribution in [2.45, 2.75) is 57.3 Å². The van der Waals surface area contributed by atoms with E-state index in [-0.39, 0.29) is 0 Å². The van der Waals surface area contributed by atoms with Crippen molar-refractivity contribution in [1.29, 1.82) is 0 Å². The van der Waals surface area contributed by atoms with E-state index in [4.69, 9.17) is 4.74 Å². The molecule has 2 nitrogen and oxygen atoms in total. The average Bonchev–Trinajstić information content (AvgIpc) is 2.56. The molecule has 2 heteroatoms. The molecule has 1 heterocycles. The Kier molecular flexibility index (Phi) is 5.18. The smallest absolute Gasteiger partial charge is 0.122 e. The number of benzene rings is 1. The van der Waals surface area contributed by atoms with Crippen LogP contribution in [-0.4, -0.2) is 20.2 Å². The minimum atomic E-state index is 0.772.